The van der Waals surface area contributed by atoms with E-state index in [9.17, 15) is 13.2 Å². The monoisotopic (exact) mass is 349 g/mol. The first kappa shape index (κ1) is 17.3. The largest absolute Gasteiger partial charge is 0.493 e. The van der Waals surface area contributed by atoms with E-state index in [0.29, 0.717) is 5.56 Å². The van der Waals surface area contributed by atoms with Gasteiger partial charge in [0.1, 0.15) is 4.90 Å². The first-order valence-electron chi connectivity index (χ1n) is 6.68. The van der Waals surface area contributed by atoms with E-state index in [1.54, 1.807) is 24.3 Å². The minimum Gasteiger partial charge on any atom is -0.493 e. The second-order valence-electron chi connectivity index (χ2n) is 4.50. The number of rotatable bonds is 6. The number of amides is 2. The van der Waals surface area contributed by atoms with Gasteiger partial charge in [-0.3, -0.25) is 0 Å². The molecule has 0 saturated heterocycles. The van der Waals surface area contributed by atoms with Crippen molar-refractivity contribution in [1.82, 2.24) is 5.43 Å². The second-order valence-corrected chi connectivity index (χ2v) is 6.04. The molecule has 0 fully saturated rings. The van der Waals surface area contributed by atoms with Crippen molar-refractivity contribution in [1.29, 1.82) is 0 Å². The molecule has 3 N–H and O–H groups in total. The number of carbonyl (C=O) groups is 1. The van der Waals surface area contributed by atoms with Crippen LogP contribution in [0.15, 0.2) is 58.5 Å². The zero-order chi connectivity index (χ0) is 17.6. The molecule has 0 aliphatic rings. The number of ether oxygens (including phenoxy) is 1. The van der Waals surface area contributed by atoms with E-state index in [1.807, 2.05) is 5.43 Å². The maximum Gasteiger partial charge on any atom is 0.339 e. The molecule has 0 aliphatic heterocycles. The standard InChI is InChI=1S/C15H15N3O5S/c1-22-13-8-7-11(10-17-18-15(16)19)9-14(13)23-24(20,21)12-5-3-2-4-6-12/h2-10H,1H3,(H3,16,18,19)/b17-10-. The summed E-state index contributed by atoms with van der Waals surface area (Å²) < 4.78 is 34.9. The number of hydrogen-bond donors (Lipinski definition) is 2. The zero-order valence-electron chi connectivity index (χ0n) is 12.7. The van der Waals surface area contributed by atoms with Gasteiger partial charge in [0.25, 0.3) is 0 Å². The molecule has 9 heteroatoms. The summed E-state index contributed by atoms with van der Waals surface area (Å²) in [5, 5.41) is 3.60. The molecular weight excluding hydrogens is 334 g/mol. The van der Waals surface area contributed by atoms with Crippen LogP contribution in [0.25, 0.3) is 0 Å². The van der Waals surface area contributed by atoms with Gasteiger partial charge in [0.15, 0.2) is 11.5 Å². The van der Waals surface area contributed by atoms with Crippen molar-refractivity contribution in [3.8, 4) is 11.5 Å². The Labute approximate surface area is 139 Å². The molecule has 0 bridgehead atoms. The van der Waals surface area contributed by atoms with Gasteiger partial charge >= 0.3 is 16.1 Å². The number of urea groups is 1. The van der Waals surface area contributed by atoms with Crippen LogP contribution in [0.5, 0.6) is 11.5 Å². The molecule has 0 unspecified atom stereocenters. The molecule has 2 aromatic carbocycles. The number of nitrogens with one attached hydrogen (secondary N) is 1. The molecule has 126 valence electrons. The molecule has 0 radical (unpaired) electrons. The van der Waals surface area contributed by atoms with Gasteiger partial charge < -0.3 is 14.7 Å². The Kier molecular flexibility index (Phi) is 5.38. The van der Waals surface area contributed by atoms with E-state index >= 15 is 0 Å². The quantitative estimate of drug-likeness (QED) is 0.465. The van der Waals surface area contributed by atoms with Crippen molar-refractivity contribution >= 4 is 22.4 Å². The molecule has 24 heavy (non-hydrogen) atoms. The molecule has 0 spiro atoms. The molecule has 2 rings (SSSR count). The minimum absolute atomic E-state index is 0.00984. The van der Waals surface area contributed by atoms with Crippen LogP contribution < -0.4 is 20.1 Å². The van der Waals surface area contributed by atoms with Gasteiger partial charge in [0.05, 0.1) is 13.3 Å². The Balaban J connectivity index is 2.31. The average molecular weight is 349 g/mol. The number of nitrogens with two attached hydrogens (primary N) is 1. The highest BCUT2D eigenvalue weighted by molar-refractivity contribution is 7.87. The number of hydrazone groups is 1. The van der Waals surface area contributed by atoms with E-state index in [-0.39, 0.29) is 16.4 Å². The Bertz CT molecular complexity index is 851. The third kappa shape index (κ3) is 4.46. The fraction of sp³-hybridized carbons (Fsp3) is 0.0667. The Hall–Kier alpha value is -3.07. The molecular formula is C15H15N3O5S. The normalized spacial score (nSPS) is 11.2. The van der Waals surface area contributed by atoms with Crippen molar-refractivity contribution in [2.75, 3.05) is 7.11 Å². The van der Waals surface area contributed by atoms with Crippen molar-refractivity contribution in [2.24, 2.45) is 10.8 Å². The summed E-state index contributed by atoms with van der Waals surface area (Å²) in [6.07, 6.45) is 1.28. The fourth-order valence-corrected chi connectivity index (χ4v) is 2.72. The summed E-state index contributed by atoms with van der Waals surface area (Å²) in [6.45, 7) is 0. The summed E-state index contributed by atoms with van der Waals surface area (Å²) >= 11 is 0. The third-order valence-corrected chi connectivity index (χ3v) is 4.06. The number of methoxy groups -OCH3 is 1. The van der Waals surface area contributed by atoms with E-state index in [2.05, 4.69) is 5.10 Å². The highest BCUT2D eigenvalue weighted by Crippen LogP contribution is 2.30. The van der Waals surface area contributed by atoms with Crippen LogP contribution in [-0.2, 0) is 10.1 Å². The molecule has 2 amide bonds. The maximum atomic E-state index is 12.3. The first-order chi connectivity index (χ1) is 11.4. The van der Waals surface area contributed by atoms with Crippen molar-refractivity contribution in [2.45, 2.75) is 4.90 Å². The lowest BCUT2D eigenvalue weighted by atomic mass is 10.2. The topological polar surface area (TPSA) is 120 Å². The van der Waals surface area contributed by atoms with Crippen molar-refractivity contribution < 1.29 is 22.1 Å². The second kappa shape index (κ2) is 7.47. The predicted molar refractivity (Wildman–Crippen MR) is 87.6 cm³/mol. The molecule has 0 atom stereocenters. The predicted octanol–water partition coefficient (Wildman–Crippen LogP) is 1.47. The lowest BCUT2D eigenvalue weighted by Crippen LogP contribution is -2.24. The summed E-state index contributed by atoms with van der Waals surface area (Å²) in [5.74, 6) is 0.221. The molecule has 0 aromatic heterocycles. The number of hydrogen-bond acceptors (Lipinski definition) is 6. The summed E-state index contributed by atoms with van der Waals surface area (Å²) in [5.41, 5.74) is 7.40. The third-order valence-electron chi connectivity index (χ3n) is 2.81. The van der Waals surface area contributed by atoms with Crippen LogP contribution in [0.2, 0.25) is 0 Å². The van der Waals surface area contributed by atoms with Crippen LogP contribution in [0.3, 0.4) is 0 Å². The average Bonchev–Trinajstić information content (AvgIpc) is 2.55. The lowest BCUT2D eigenvalue weighted by Gasteiger charge is -2.11. The van der Waals surface area contributed by atoms with E-state index in [0.717, 1.165) is 0 Å². The van der Waals surface area contributed by atoms with Crippen LogP contribution in [0, 0.1) is 0 Å². The van der Waals surface area contributed by atoms with Gasteiger partial charge in [-0.15, -0.1) is 0 Å². The summed E-state index contributed by atoms with van der Waals surface area (Å²) in [6, 6.07) is 11.4. The Morgan fingerprint density at radius 3 is 2.50 bits per heavy atom. The van der Waals surface area contributed by atoms with Crippen LogP contribution in [0.1, 0.15) is 5.56 Å². The molecule has 0 saturated carbocycles. The lowest BCUT2D eigenvalue weighted by molar-refractivity contribution is 0.249. The molecule has 2 aromatic rings. The summed E-state index contributed by atoms with van der Waals surface area (Å²) in [7, 11) is -2.62. The Morgan fingerprint density at radius 1 is 1.17 bits per heavy atom. The number of primary amides is 1. The number of benzene rings is 2. The first-order valence-corrected chi connectivity index (χ1v) is 8.09. The number of nitrogens with zero attached hydrogens (tertiary/aromatic N) is 1. The summed E-state index contributed by atoms with van der Waals surface area (Å²) in [4.78, 5) is 10.6. The Morgan fingerprint density at radius 2 is 1.88 bits per heavy atom. The van der Waals surface area contributed by atoms with E-state index < -0.39 is 16.1 Å². The molecule has 0 aliphatic carbocycles. The van der Waals surface area contributed by atoms with Gasteiger partial charge in [-0.1, -0.05) is 18.2 Å². The smallest absolute Gasteiger partial charge is 0.339 e. The highest BCUT2D eigenvalue weighted by atomic mass is 32.2. The van der Waals surface area contributed by atoms with Gasteiger partial charge in [0, 0.05) is 0 Å². The van der Waals surface area contributed by atoms with Crippen LogP contribution >= 0.6 is 0 Å². The van der Waals surface area contributed by atoms with Crippen LogP contribution in [-0.4, -0.2) is 27.8 Å². The van der Waals surface area contributed by atoms with E-state index in [1.165, 1.54) is 37.6 Å². The molecule has 0 heterocycles. The van der Waals surface area contributed by atoms with Gasteiger partial charge in [0.2, 0.25) is 0 Å². The maximum absolute atomic E-state index is 12.3. The van der Waals surface area contributed by atoms with Gasteiger partial charge in [-0.2, -0.15) is 13.5 Å². The molecule has 8 nitrogen and oxygen atoms in total. The minimum atomic E-state index is -4.01. The fourth-order valence-electron chi connectivity index (χ4n) is 1.76. The number of carbonyl (C=O) groups excluding carboxylic acids is 1. The zero-order valence-corrected chi connectivity index (χ0v) is 13.5. The van der Waals surface area contributed by atoms with Crippen molar-refractivity contribution in [3.63, 3.8) is 0 Å². The van der Waals surface area contributed by atoms with E-state index in [4.69, 9.17) is 14.7 Å². The van der Waals surface area contributed by atoms with Crippen molar-refractivity contribution in [3.05, 3.63) is 54.1 Å². The van der Waals surface area contributed by atoms with Gasteiger partial charge in [-0.25, -0.2) is 10.2 Å². The SMILES string of the molecule is COc1ccc(/C=N\NC(N)=O)cc1OS(=O)(=O)c1ccccc1. The van der Waals surface area contributed by atoms with Gasteiger partial charge in [-0.05, 0) is 35.9 Å². The van der Waals surface area contributed by atoms with Crippen LogP contribution in [0.4, 0.5) is 4.79 Å². The highest BCUT2D eigenvalue weighted by Gasteiger charge is 2.19.